The van der Waals surface area contributed by atoms with Gasteiger partial charge in [0.25, 0.3) is 0 Å². The molecule has 7 nitrogen and oxygen atoms in total. The van der Waals surface area contributed by atoms with Gasteiger partial charge in [-0.2, -0.15) is 0 Å². The van der Waals surface area contributed by atoms with Crippen molar-refractivity contribution >= 4 is 11.8 Å². The van der Waals surface area contributed by atoms with Crippen LogP contribution in [0.25, 0.3) is 0 Å². The molecule has 0 bridgehead atoms. The second kappa shape index (κ2) is 5.94. The van der Waals surface area contributed by atoms with Gasteiger partial charge in [0.15, 0.2) is 0 Å². The number of rotatable bonds is 3. The summed E-state index contributed by atoms with van der Waals surface area (Å²) in [5, 5.41) is 0. The van der Waals surface area contributed by atoms with Crippen molar-refractivity contribution in [3.8, 4) is 0 Å². The summed E-state index contributed by atoms with van der Waals surface area (Å²) in [4.78, 5) is 32.3. The number of aromatic nitrogens is 2. The smallest absolute Gasteiger partial charge is 0.246 e. The van der Waals surface area contributed by atoms with Crippen LogP contribution in [0.4, 0.5) is 0 Å². The molecule has 19 heavy (non-hydrogen) atoms. The molecule has 0 spiro atoms. The Morgan fingerprint density at radius 3 is 2.42 bits per heavy atom. The standard InChI is InChI=1S/C12H19N5O2/c13-9-2-1-3-10(14)12(19)17(11(9)18)5-4-8-6-15-7-16-8/h6-7,9-10H,1-5,13-14H2,(H,15,16). The first-order valence-electron chi connectivity index (χ1n) is 6.43. The highest BCUT2D eigenvalue weighted by molar-refractivity contribution is 6.00. The second-order valence-electron chi connectivity index (χ2n) is 4.78. The minimum Gasteiger partial charge on any atom is -0.351 e. The third-order valence-corrected chi connectivity index (χ3v) is 3.34. The first kappa shape index (κ1) is 13.7. The molecule has 2 heterocycles. The summed E-state index contributed by atoms with van der Waals surface area (Å²) in [6.45, 7) is 0.268. The Bertz CT molecular complexity index is 423. The van der Waals surface area contributed by atoms with Crippen molar-refractivity contribution < 1.29 is 9.59 Å². The molecule has 0 aliphatic carbocycles. The molecule has 1 fully saturated rings. The van der Waals surface area contributed by atoms with Crippen molar-refractivity contribution in [3.05, 3.63) is 18.2 Å². The number of nitrogens with two attached hydrogens (primary N) is 2. The maximum Gasteiger partial charge on any atom is 0.246 e. The van der Waals surface area contributed by atoms with Crippen molar-refractivity contribution in [2.24, 2.45) is 11.5 Å². The predicted octanol–water partition coefficient (Wildman–Crippen LogP) is -0.854. The Kier molecular flexibility index (Phi) is 4.28. The Morgan fingerprint density at radius 1 is 1.26 bits per heavy atom. The zero-order valence-electron chi connectivity index (χ0n) is 10.7. The SMILES string of the molecule is NC1CCCC(N)C(=O)N(CCc2c[nH]cn2)C1=O. The number of imide groups is 1. The summed E-state index contributed by atoms with van der Waals surface area (Å²) in [5.74, 6) is -0.675. The normalized spacial score (nSPS) is 25.3. The summed E-state index contributed by atoms with van der Waals surface area (Å²) in [7, 11) is 0. The van der Waals surface area contributed by atoms with E-state index in [2.05, 4.69) is 9.97 Å². The van der Waals surface area contributed by atoms with Crippen molar-refractivity contribution in [1.29, 1.82) is 0 Å². The van der Waals surface area contributed by atoms with Gasteiger partial charge in [-0.1, -0.05) is 0 Å². The third kappa shape index (κ3) is 3.18. The molecule has 1 aliphatic rings. The van der Waals surface area contributed by atoms with Gasteiger partial charge in [0.05, 0.1) is 24.1 Å². The fourth-order valence-corrected chi connectivity index (χ4v) is 2.19. The highest BCUT2D eigenvalue weighted by Gasteiger charge is 2.31. The topological polar surface area (TPSA) is 118 Å². The summed E-state index contributed by atoms with van der Waals surface area (Å²) >= 11 is 0. The lowest BCUT2D eigenvalue weighted by molar-refractivity contribution is -0.147. The third-order valence-electron chi connectivity index (χ3n) is 3.34. The molecule has 7 heteroatoms. The molecule has 1 saturated heterocycles. The molecule has 0 saturated carbocycles. The average Bonchev–Trinajstić information content (AvgIpc) is 2.90. The van der Waals surface area contributed by atoms with Crippen LogP contribution < -0.4 is 11.5 Å². The molecular formula is C12H19N5O2. The maximum atomic E-state index is 12.1. The fourth-order valence-electron chi connectivity index (χ4n) is 2.19. The van der Waals surface area contributed by atoms with E-state index in [1.165, 1.54) is 4.90 Å². The van der Waals surface area contributed by atoms with Gasteiger partial charge in [0.2, 0.25) is 11.8 Å². The lowest BCUT2D eigenvalue weighted by Gasteiger charge is -2.29. The van der Waals surface area contributed by atoms with E-state index in [0.717, 1.165) is 5.69 Å². The van der Waals surface area contributed by atoms with Crippen LogP contribution in [0, 0.1) is 0 Å². The number of likely N-dealkylation sites (tertiary alicyclic amines) is 1. The lowest BCUT2D eigenvalue weighted by Crippen LogP contribution is -2.54. The number of imidazole rings is 1. The van der Waals surface area contributed by atoms with Crippen molar-refractivity contribution in [1.82, 2.24) is 14.9 Å². The van der Waals surface area contributed by atoms with Crippen molar-refractivity contribution in [2.75, 3.05) is 6.54 Å². The number of hydrogen-bond donors (Lipinski definition) is 3. The van der Waals surface area contributed by atoms with Gasteiger partial charge in [-0.15, -0.1) is 0 Å². The first-order chi connectivity index (χ1) is 9.09. The Hall–Kier alpha value is -1.73. The number of nitrogens with one attached hydrogen (secondary N) is 1. The molecule has 0 radical (unpaired) electrons. The number of H-pyrrole nitrogens is 1. The maximum absolute atomic E-state index is 12.1. The fraction of sp³-hybridized carbons (Fsp3) is 0.583. The van der Waals surface area contributed by atoms with E-state index in [-0.39, 0.29) is 18.4 Å². The molecule has 2 amide bonds. The van der Waals surface area contributed by atoms with E-state index in [1.807, 2.05) is 0 Å². The van der Waals surface area contributed by atoms with Crippen LogP contribution in [0.15, 0.2) is 12.5 Å². The molecule has 2 unspecified atom stereocenters. The Balaban J connectivity index is 2.07. The second-order valence-corrected chi connectivity index (χ2v) is 4.78. The van der Waals surface area contributed by atoms with Gasteiger partial charge in [-0.05, 0) is 19.3 Å². The minimum absolute atomic E-state index is 0.268. The lowest BCUT2D eigenvalue weighted by atomic mass is 10.0. The zero-order valence-corrected chi connectivity index (χ0v) is 10.7. The van der Waals surface area contributed by atoms with Crippen LogP contribution >= 0.6 is 0 Å². The molecule has 2 rings (SSSR count). The molecular weight excluding hydrogens is 246 g/mol. The molecule has 5 N–H and O–H groups in total. The van der Waals surface area contributed by atoms with E-state index in [1.54, 1.807) is 12.5 Å². The summed E-state index contributed by atoms with van der Waals surface area (Å²) in [5.41, 5.74) is 12.4. The van der Waals surface area contributed by atoms with Gasteiger partial charge >= 0.3 is 0 Å². The van der Waals surface area contributed by atoms with Gasteiger partial charge in [-0.25, -0.2) is 4.98 Å². The van der Waals surface area contributed by atoms with Crippen molar-refractivity contribution in [2.45, 2.75) is 37.8 Å². The highest BCUT2D eigenvalue weighted by Crippen LogP contribution is 2.12. The number of carbonyl (C=O) groups excluding carboxylic acids is 2. The van der Waals surface area contributed by atoms with Gasteiger partial charge < -0.3 is 16.5 Å². The van der Waals surface area contributed by atoms with E-state index in [4.69, 9.17) is 11.5 Å². The highest BCUT2D eigenvalue weighted by atomic mass is 16.2. The van der Waals surface area contributed by atoms with Crippen LogP contribution in [0.1, 0.15) is 25.0 Å². The van der Waals surface area contributed by atoms with E-state index in [9.17, 15) is 9.59 Å². The van der Waals surface area contributed by atoms with E-state index < -0.39 is 12.1 Å². The number of hydrogen-bond acceptors (Lipinski definition) is 5. The zero-order chi connectivity index (χ0) is 13.8. The number of carbonyl (C=O) groups is 2. The van der Waals surface area contributed by atoms with Gasteiger partial charge in [0.1, 0.15) is 0 Å². The number of nitrogens with zero attached hydrogens (tertiary/aromatic N) is 2. The molecule has 2 atom stereocenters. The molecule has 1 aromatic rings. The molecule has 1 aliphatic heterocycles. The van der Waals surface area contributed by atoms with Crippen LogP contribution in [-0.2, 0) is 16.0 Å². The largest absolute Gasteiger partial charge is 0.351 e. The quantitative estimate of drug-likeness (QED) is 0.615. The molecule has 104 valence electrons. The van der Waals surface area contributed by atoms with Crippen LogP contribution in [0.2, 0.25) is 0 Å². The summed E-state index contributed by atoms with van der Waals surface area (Å²) in [6, 6.07) is -1.23. The van der Waals surface area contributed by atoms with Crippen LogP contribution in [-0.4, -0.2) is 45.3 Å². The van der Waals surface area contributed by atoms with Gasteiger partial charge in [-0.3, -0.25) is 14.5 Å². The molecule has 1 aromatic heterocycles. The summed E-state index contributed by atoms with van der Waals surface area (Å²) in [6.07, 6.45) is 5.63. The van der Waals surface area contributed by atoms with E-state index >= 15 is 0 Å². The van der Waals surface area contributed by atoms with Gasteiger partial charge in [0, 0.05) is 19.2 Å². The molecule has 0 aromatic carbocycles. The Labute approximate surface area is 111 Å². The van der Waals surface area contributed by atoms with Crippen LogP contribution in [0.3, 0.4) is 0 Å². The average molecular weight is 265 g/mol. The monoisotopic (exact) mass is 265 g/mol. The van der Waals surface area contributed by atoms with Crippen LogP contribution in [0.5, 0.6) is 0 Å². The first-order valence-corrected chi connectivity index (χ1v) is 6.43. The summed E-state index contributed by atoms with van der Waals surface area (Å²) < 4.78 is 0. The minimum atomic E-state index is -0.615. The van der Waals surface area contributed by atoms with E-state index in [0.29, 0.717) is 25.7 Å². The number of aromatic amines is 1. The number of amides is 2. The predicted molar refractivity (Wildman–Crippen MR) is 68.8 cm³/mol. The van der Waals surface area contributed by atoms with Crippen molar-refractivity contribution in [3.63, 3.8) is 0 Å². The Morgan fingerprint density at radius 2 is 1.89 bits per heavy atom.